The average Bonchev–Trinajstić information content (AvgIpc) is 2.99. The topological polar surface area (TPSA) is 78.0 Å². The SMILES string of the molecule is O=c1c2nnc3ncnn3c2ccn1-c1cc(Cl)ccc1Cl. The molecule has 0 N–H and O–H groups in total. The number of fused-ring (bicyclic) bond motifs is 3. The number of hydrogen-bond acceptors (Lipinski definition) is 5. The van der Waals surface area contributed by atoms with E-state index in [0.717, 1.165) is 0 Å². The average molecular weight is 333 g/mol. The molecule has 0 unspecified atom stereocenters. The largest absolute Gasteiger partial charge is 0.285 e. The van der Waals surface area contributed by atoms with Crippen LogP contribution in [0.25, 0.3) is 22.5 Å². The van der Waals surface area contributed by atoms with E-state index in [1.165, 1.54) is 15.4 Å². The van der Waals surface area contributed by atoms with E-state index in [9.17, 15) is 4.79 Å². The third-order valence-corrected chi connectivity index (χ3v) is 3.77. The number of pyridine rings is 1. The van der Waals surface area contributed by atoms with Crippen LogP contribution in [0.15, 0.2) is 41.6 Å². The van der Waals surface area contributed by atoms with Crippen LogP contribution in [0.1, 0.15) is 0 Å². The molecule has 22 heavy (non-hydrogen) atoms. The number of nitrogens with zero attached hydrogens (tertiary/aromatic N) is 6. The van der Waals surface area contributed by atoms with E-state index in [0.29, 0.717) is 27.0 Å². The van der Waals surface area contributed by atoms with Gasteiger partial charge in [0, 0.05) is 11.2 Å². The Morgan fingerprint density at radius 1 is 1.09 bits per heavy atom. The van der Waals surface area contributed by atoms with Crippen molar-refractivity contribution >= 4 is 40.0 Å². The van der Waals surface area contributed by atoms with E-state index in [2.05, 4.69) is 20.3 Å². The van der Waals surface area contributed by atoms with Gasteiger partial charge >= 0.3 is 0 Å². The molecule has 0 saturated heterocycles. The van der Waals surface area contributed by atoms with Crippen molar-refractivity contribution in [2.24, 2.45) is 0 Å². The quantitative estimate of drug-likeness (QED) is 0.533. The molecule has 0 amide bonds. The first-order valence-electron chi connectivity index (χ1n) is 6.18. The molecule has 0 aliphatic rings. The lowest BCUT2D eigenvalue weighted by Crippen LogP contribution is -2.20. The Morgan fingerprint density at radius 3 is 2.82 bits per heavy atom. The zero-order valence-corrected chi connectivity index (χ0v) is 12.3. The molecule has 0 radical (unpaired) electrons. The smallest absolute Gasteiger partial charge is 0.281 e. The molecule has 1 aromatic carbocycles. The van der Waals surface area contributed by atoms with Crippen molar-refractivity contribution in [1.29, 1.82) is 0 Å². The third-order valence-electron chi connectivity index (χ3n) is 3.21. The van der Waals surface area contributed by atoms with Gasteiger partial charge in [0.1, 0.15) is 11.8 Å². The van der Waals surface area contributed by atoms with E-state index < -0.39 is 0 Å². The van der Waals surface area contributed by atoms with Crippen LogP contribution in [-0.2, 0) is 0 Å². The van der Waals surface area contributed by atoms with Crippen molar-refractivity contribution in [1.82, 2.24) is 29.4 Å². The summed E-state index contributed by atoms with van der Waals surface area (Å²) in [5.41, 5.74) is 0.784. The highest BCUT2D eigenvalue weighted by atomic mass is 35.5. The van der Waals surface area contributed by atoms with Gasteiger partial charge in [-0.05, 0) is 24.3 Å². The van der Waals surface area contributed by atoms with Crippen LogP contribution < -0.4 is 5.56 Å². The second-order valence-electron chi connectivity index (χ2n) is 4.49. The van der Waals surface area contributed by atoms with E-state index >= 15 is 0 Å². The lowest BCUT2D eigenvalue weighted by atomic mass is 10.3. The first kappa shape index (κ1) is 13.2. The molecule has 108 valence electrons. The molecule has 9 heteroatoms. The van der Waals surface area contributed by atoms with Crippen molar-refractivity contribution in [2.45, 2.75) is 0 Å². The normalized spacial score (nSPS) is 11.4. The number of benzene rings is 1. The van der Waals surface area contributed by atoms with Gasteiger partial charge in [-0.1, -0.05) is 23.2 Å². The molecule has 3 heterocycles. The first-order valence-corrected chi connectivity index (χ1v) is 6.94. The van der Waals surface area contributed by atoms with Crippen LogP contribution in [0.4, 0.5) is 0 Å². The summed E-state index contributed by atoms with van der Waals surface area (Å²) in [6, 6.07) is 6.59. The molecule has 0 saturated carbocycles. The highest BCUT2D eigenvalue weighted by molar-refractivity contribution is 6.34. The molecule has 0 atom stereocenters. The zero-order valence-electron chi connectivity index (χ0n) is 10.8. The van der Waals surface area contributed by atoms with Crippen LogP contribution in [0, 0.1) is 0 Å². The number of hydrogen-bond donors (Lipinski definition) is 0. The van der Waals surface area contributed by atoms with Gasteiger partial charge in [-0.25, -0.2) is 0 Å². The summed E-state index contributed by atoms with van der Waals surface area (Å²) in [7, 11) is 0. The second-order valence-corrected chi connectivity index (χ2v) is 5.34. The minimum absolute atomic E-state index is 0.163. The fraction of sp³-hybridized carbons (Fsp3) is 0. The van der Waals surface area contributed by atoms with Gasteiger partial charge in [0.2, 0.25) is 0 Å². The maximum absolute atomic E-state index is 12.7. The lowest BCUT2D eigenvalue weighted by molar-refractivity contribution is 0.914. The van der Waals surface area contributed by atoms with Crippen molar-refractivity contribution < 1.29 is 0 Å². The van der Waals surface area contributed by atoms with Crippen LogP contribution in [0.2, 0.25) is 10.0 Å². The monoisotopic (exact) mass is 332 g/mol. The molecule has 0 spiro atoms. The van der Waals surface area contributed by atoms with Gasteiger partial charge in [-0.2, -0.15) is 14.6 Å². The Kier molecular flexibility index (Phi) is 2.85. The van der Waals surface area contributed by atoms with Gasteiger partial charge < -0.3 is 0 Å². The molecular weight excluding hydrogens is 327 g/mol. The summed E-state index contributed by atoms with van der Waals surface area (Å²) < 4.78 is 2.82. The molecule has 4 aromatic rings. The Bertz CT molecular complexity index is 1090. The van der Waals surface area contributed by atoms with Crippen LogP contribution in [-0.4, -0.2) is 29.4 Å². The highest BCUT2D eigenvalue weighted by Gasteiger charge is 2.13. The number of rotatable bonds is 1. The minimum atomic E-state index is -0.369. The Morgan fingerprint density at radius 2 is 1.95 bits per heavy atom. The second kappa shape index (κ2) is 4.75. The van der Waals surface area contributed by atoms with E-state index in [1.54, 1.807) is 30.5 Å². The summed E-state index contributed by atoms with van der Waals surface area (Å²) in [6.07, 6.45) is 2.94. The predicted molar refractivity (Wildman–Crippen MR) is 81.7 cm³/mol. The summed E-state index contributed by atoms with van der Waals surface area (Å²) in [5.74, 6) is 0.324. The van der Waals surface area contributed by atoms with Gasteiger partial charge in [-0.15, -0.1) is 10.2 Å². The van der Waals surface area contributed by atoms with E-state index in [-0.39, 0.29) is 11.1 Å². The summed E-state index contributed by atoms with van der Waals surface area (Å²) in [6.45, 7) is 0. The Balaban J connectivity index is 2.08. The Labute approximate surface area is 132 Å². The fourth-order valence-electron chi connectivity index (χ4n) is 2.21. The maximum atomic E-state index is 12.7. The summed E-state index contributed by atoms with van der Waals surface area (Å²) >= 11 is 12.1. The molecule has 0 fully saturated rings. The van der Waals surface area contributed by atoms with Crippen molar-refractivity contribution in [2.75, 3.05) is 0 Å². The zero-order chi connectivity index (χ0) is 15.3. The molecular formula is C13H6Cl2N6O. The molecule has 0 aliphatic heterocycles. The van der Waals surface area contributed by atoms with Crippen LogP contribution in [0.5, 0.6) is 0 Å². The van der Waals surface area contributed by atoms with Crippen molar-refractivity contribution in [3.8, 4) is 5.69 Å². The molecule has 0 bridgehead atoms. The number of aromatic nitrogens is 6. The predicted octanol–water partition coefficient (Wildman–Crippen LogP) is 2.13. The van der Waals surface area contributed by atoms with Gasteiger partial charge in [-0.3, -0.25) is 9.36 Å². The van der Waals surface area contributed by atoms with Crippen molar-refractivity contribution in [3.63, 3.8) is 0 Å². The summed E-state index contributed by atoms with van der Waals surface area (Å²) in [4.78, 5) is 16.6. The number of halogens is 2. The molecule has 0 aliphatic carbocycles. The standard InChI is InChI=1S/C13H6Cl2N6O/c14-7-1-2-8(15)10(5-7)20-4-3-9-11(12(20)22)18-19-13-16-6-17-21(9)13/h1-6H. The highest BCUT2D eigenvalue weighted by Crippen LogP contribution is 2.23. The van der Waals surface area contributed by atoms with Crippen LogP contribution >= 0.6 is 23.2 Å². The third kappa shape index (κ3) is 1.87. The minimum Gasteiger partial charge on any atom is -0.281 e. The van der Waals surface area contributed by atoms with E-state index in [1.807, 2.05) is 0 Å². The molecule has 4 rings (SSSR count). The molecule has 3 aromatic heterocycles. The van der Waals surface area contributed by atoms with Gasteiger partial charge in [0.25, 0.3) is 11.3 Å². The maximum Gasteiger partial charge on any atom is 0.285 e. The molecule has 7 nitrogen and oxygen atoms in total. The van der Waals surface area contributed by atoms with Crippen LogP contribution in [0.3, 0.4) is 0 Å². The summed E-state index contributed by atoms with van der Waals surface area (Å²) in [5, 5.41) is 12.7. The van der Waals surface area contributed by atoms with Gasteiger partial charge in [0.15, 0.2) is 5.52 Å². The lowest BCUT2D eigenvalue weighted by Gasteiger charge is -2.09. The van der Waals surface area contributed by atoms with Crippen molar-refractivity contribution in [3.05, 3.63) is 57.2 Å². The Hall–Kier alpha value is -2.51. The van der Waals surface area contributed by atoms with E-state index in [4.69, 9.17) is 23.2 Å². The fourth-order valence-corrected chi connectivity index (χ4v) is 2.58. The van der Waals surface area contributed by atoms with Gasteiger partial charge in [0.05, 0.1) is 10.7 Å². The first-order chi connectivity index (χ1) is 10.6.